The SMILES string of the molecule is Cc1cccc(C)c1NCC(C)(C)N1CCNCC1. The van der Waals surface area contributed by atoms with E-state index in [1.807, 2.05) is 0 Å². The van der Waals surface area contributed by atoms with E-state index in [1.165, 1.54) is 16.8 Å². The maximum Gasteiger partial charge on any atom is 0.0400 e. The molecule has 106 valence electrons. The van der Waals surface area contributed by atoms with Gasteiger partial charge in [0.15, 0.2) is 0 Å². The summed E-state index contributed by atoms with van der Waals surface area (Å²) in [5, 5.41) is 7.07. The van der Waals surface area contributed by atoms with Gasteiger partial charge >= 0.3 is 0 Å². The highest BCUT2D eigenvalue weighted by Gasteiger charge is 2.27. The van der Waals surface area contributed by atoms with Gasteiger partial charge in [-0.3, -0.25) is 4.90 Å². The summed E-state index contributed by atoms with van der Waals surface area (Å²) >= 11 is 0. The van der Waals surface area contributed by atoms with Gasteiger partial charge in [0, 0.05) is 44.0 Å². The van der Waals surface area contributed by atoms with E-state index in [4.69, 9.17) is 0 Å². The Balaban J connectivity index is 2.00. The van der Waals surface area contributed by atoms with Crippen molar-refractivity contribution in [3.05, 3.63) is 29.3 Å². The third kappa shape index (κ3) is 3.48. The van der Waals surface area contributed by atoms with Crippen molar-refractivity contribution < 1.29 is 0 Å². The molecule has 1 aromatic carbocycles. The molecular formula is C16H27N3. The fourth-order valence-electron chi connectivity index (χ4n) is 2.78. The molecule has 2 N–H and O–H groups in total. The molecule has 0 radical (unpaired) electrons. The van der Waals surface area contributed by atoms with Gasteiger partial charge in [-0.2, -0.15) is 0 Å². The molecule has 0 spiro atoms. The van der Waals surface area contributed by atoms with E-state index in [1.54, 1.807) is 0 Å². The van der Waals surface area contributed by atoms with Crippen molar-refractivity contribution in [2.24, 2.45) is 0 Å². The molecule has 1 saturated heterocycles. The van der Waals surface area contributed by atoms with Gasteiger partial charge in [-0.15, -0.1) is 0 Å². The maximum atomic E-state index is 3.66. The molecule has 2 rings (SSSR count). The van der Waals surface area contributed by atoms with Crippen LogP contribution in [0.25, 0.3) is 0 Å². The molecule has 1 heterocycles. The Kier molecular flexibility index (Phi) is 4.48. The molecular weight excluding hydrogens is 234 g/mol. The number of piperazine rings is 1. The van der Waals surface area contributed by atoms with Gasteiger partial charge < -0.3 is 10.6 Å². The first-order valence-electron chi connectivity index (χ1n) is 7.26. The minimum atomic E-state index is 0.191. The lowest BCUT2D eigenvalue weighted by Gasteiger charge is -2.41. The molecule has 0 unspecified atom stereocenters. The Morgan fingerprint density at radius 1 is 1.16 bits per heavy atom. The number of anilines is 1. The highest BCUT2D eigenvalue weighted by Crippen LogP contribution is 2.22. The maximum absolute atomic E-state index is 3.66. The fraction of sp³-hybridized carbons (Fsp3) is 0.625. The van der Waals surface area contributed by atoms with Crippen LogP contribution in [0.5, 0.6) is 0 Å². The molecule has 0 amide bonds. The highest BCUT2D eigenvalue weighted by molar-refractivity contribution is 5.56. The lowest BCUT2D eigenvalue weighted by Crippen LogP contribution is -2.56. The topological polar surface area (TPSA) is 27.3 Å². The van der Waals surface area contributed by atoms with Crippen LogP contribution in [0.15, 0.2) is 18.2 Å². The standard InChI is InChI=1S/C16H27N3/c1-13-6-5-7-14(2)15(13)18-12-16(3,4)19-10-8-17-9-11-19/h5-7,17-18H,8-12H2,1-4H3. The first kappa shape index (κ1) is 14.4. The summed E-state index contributed by atoms with van der Waals surface area (Å²) < 4.78 is 0. The summed E-state index contributed by atoms with van der Waals surface area (Å²) in [7, 11) is 0. The van der Waals surface area contributed by atoms with E-state index in [0.717, 1.165) is 32.7 Å². The van der Waals surface area contributed by atoms with E-state index in [-0.39, 0.29) is 5.54 Å². The van der Waals surface area contributed by atoms with Crippen molar-refractivity contribution in [2.45, 2.75) is 33.2 Å². The number of para-hydroxylation sites is 1. The minimum absolute atomic E-state index is 0.191. The van der Waals surface area contributed by atoms with Crippen molar-refractivity contribution in [3.63, 3.8) is 0 Å². The molecule has 1 aliphatic heterocycles. The van der Waals surface area contributed by atoms with Gasteiger partial charge in [-0.25, -0.2) is 0 Å². The zero-order valence-electron chi connectivity index (χ0n) is 12.7. The minimum Gasteiger partial charge on any atom is -0.383 e. The summed E-state index contributed by atoms with van der Waals surface area (Å²) in [6.45, 7) is 14.5. The van der Waals surface area contributed by atoms with E-state index >= 15 is 0 Å². The average molecular weight is 261 g/mol. The molecule has 0 aliphatic carbocycles. The summed E-state index contributed by atoms with van der Waals surface area (Å²) in [6, 6.07) is 6.47. The Morgan fingerprint density at radius 2 is 1.74 bits per heavy atom. The number of aryl methyl sites for hydroxylation is 2. The van der Waals surface area contributed by atoms with Crippen LogP contribution in [0, 0.1) is 13.8 Å². The summed E-state index contributed by atoms with van der Waals surface area (Å²) in [5.74, 6) is 0. The number of hydrogen-bond acceptors (Lipinski definition) is 3. The zero-order chi connectivity index (χ0) is 13.9. The molecule has 0 atom stereocenters. The van der Waals surface area contributed by atoms with Gasteiger partial charge in [-0.1, -0.05) is 18.2 Å². The Bertz CT molecular complexity index is 400. The van der Waals surface area contributed by atoms with E-state index in [2.05, 4.69) is 61.4 Å². The molecule has 0 bridgehead atoms. The summed E-state index contributed by atoms with van der Waals surface area (Å²) in [4.78, 5) is 2.57. The number of nitrogens with one attached hydrogen (secondary N) is 2. The van der Waals surface area contributed by atoms with Crippen LogP contribution in [0.3, 0.4) is 0 Å². The number of hydrogen-bond donors (Lipinski definition) is 2. The first-order chi connectivity index (χ1) is 9.00. The van der Waals surface area contributed by atoms with Crippen LogP contribution in [-0.4, -0.2) is 43.2 Å². The molecule has 3 heteroatoms. The molecule has 1 aliphatic rings. The van der Waals surface area contributed by atoms with Crippen LogP contribution in [0.1, 0.15) is 25.0 Å². The van der Waals surface area contributed by atoms with Gasteiger partial charge in [0.05, 0.1) is 0 Å². The van der Waals surface area contributed by atoms with Crippen LogP contribution in [0.4, 0.5) is 5.69 Å². The number of benzene rings is 1. The van der Waals surface area contributed by atoms with Crippen molar-refractivity contribution in [2.75, 3.05) is 38.0 Å². The van der Waals surface area contributed by atoms with Gasteiger partial charge in [0.2, 0.25) is 0 Å². The predicted octanol–water partition coefficient (Wildman–Crippen LogP) is 2.40. The van der Waals surface area contributed by atoms with Gasteiger partial charge in [-0.05, 0) is 38.8 Å². The second-order valence-electron chi connectivity index (χ2n) is 6.17. The van der Waals surface area contributed by atoms with E-state index in [9.17, 15) is 0 Å². The normalized spacial score (nSPS) is 17.5. The lowest BCUT2D eigenvalue weighted by molar-refractivity contribution is 0.114. The second-order valence-corrected chi connectivity index (χ2v) is 6.17. The Labute approximate surface area is 117 Å². The quantitative estimate of drug-likeness (QED) is 0.871. The largest absolute Gasteiger partial charge is 0.383 e. The van der Waals surface area contributed by atoms with Gasteiger partial charge in [0.25, 0.3) is 0 Å². The van der Waals surface area contributed by atoms with Gasteiger partial charge in [0.1, 0.15) is 0 Å². The van der Waals surface area contributed by atoms with Crippen molar-refractivity contribution in [1.82, 2.24) is 10.2 Å². The van der Waals surface area contributed by atoms with Crippen LogP contribution < -0.4 is 10.6 Å². The second kappa shape index (κ2) is 5.93. The monoisotopic (exact) mass is 261 g/mol. The smallest absolute Gasteiger partial charge is 0.0400 e. The zero-order valence-corrected chi connectivity index (χ0v) is 12.7. The highest BCUT2D eigenvalue weighted by atomic mass is 15.2. The third-order valence-electron chi connectivity index (χ3n) is 4.15. The average Bonchev–Trinajstić information content (AvgIpc) is 2.39. The molecule has 1 aromatic rings. The molecule has 19 heavy (non-hydrogen) atoms. The first-order valence-corrected chi connectivity index (χ1v) is 7.26. The van der Waals surface area contributed by atoms with E-state index in [0.29, 0.717) is 0 Å². The molecule has 1 fully saturated rings. The summed E-state index contributed by atoms with van der Waals surface area (Å²) in [6.07, 6.45) is 0. The predicted molar refractivity (Wildman–Crippen MR) is 82.9 cm³/mol. The molecule has 0 aromatic heterocycles. The lowest BCUT2D eigenvalue weighted by atomic mass is 10.0. The summed E-state index contributed by atoms with van der Waals surface area (Å²) in [5.41, 5.74) is 4.15. The van der Waals surface area contributed by atoms with E-state index < -0.39 is 0 Å². The van der Waals surface area contributed by atoms with Crippen molar-refractivity contribution >= 4 is 5.69 Å². The molecule has 3 nitrogen and oxygen atoms in total. The van der Waals surface area contributed by atoms with Crippen LogP contribution in [-0.2, 0) is 0 Å². The Morgan fingerprint density at radius 3 is 2.32 bits per heavy atom. The van der Waals surface area contributed by atoms with Crippen LogP contribution >= 0.6 is 0 Å². The molecule has 0 saturated carbocycles. The van der Waals surface area contributed by atoms with Crippen molar-refractivity contribution in [1.29, 1.82) is 0 Å². The third-order valence-corrected chi connectivity index (χ3v) is 4.15. The Hall–Kier alpha value is -1.06. The van der Waals surface area contributed by atoms with Crippen LogP contribution in [0.2, 0.25) is 0 Å². The number of nitrogens with zero attached hydrogens (tertiary/aromatic N) is 1. The van der Waals surface area contributed by atoms with Crippen molar-refractivity contribution in [3.8, 4) is 0 Å². The number of rotatable bonds is 4. The fourth-order valence-corrected chi connectivity index (χ4v) is 2.78.